The van der Waals surface area contributed by atoms with Gasteiger partial charge in [-0.15, -0.1) is 11.8 Å². The summed E-state index contributed by atoms with van der Waals surface area (Å²) in [5.41, 5.74) is 7.74. The van der Waals surface area contributed by atoms with Gasteiger partial charge in [-0.1, -0.05) is 15.9 Å². The highest BCUT2D eigenvalue weighted by Gasteiger charge is 2.22. The van der Waals surface area contributed by atoms with Crippen molar-refractivity contribution in [3.8, 4) is 0 Å². The summed E-state index contributed by atoms with van der Waals surface area (Å²) in [5, 5.41) is 1.62. The second kappa shape index (κ2) is 4.48. The van der Waals surface area contributed by atoms with Crippen molar-refractivity contribution in [1.82, 2.24) is 4.98 Å². The van der Waals surface area contributed by atoms with Gasteiger partial charge in [-0.3, -0.25) is 4.98 Å². The molecule has 1 saturated heterocycles. The van der Waals surface area contributed by atoms with Crippen LogP contribution in [0.1, 0.15) is 0 Å². The Balaban J connectivity index is 2.11. The van der Waals surface area contributed by atoms with E-state index in [0.717, 1.165) is 39.2 Å². The second-order valence-electron chi connectivity index (χ2n) is 3.98. The van der Waals surface area contributed by atoms with Gasteiger partial charge in [0.25, 0.3) is 0 Å². The van der Waals surface area contributed by atoms with Crippen LogP contribution in [-0.2, 0) is 4.74 Å². The standard InChI is InChI=1S/C12H11BrN2OS/c13-7-1-2-11-9(3-7)12(10(14)4-15-11)17-8-5-16-6-8/h1-4,8H,5-6,14H2. The number of halogens is 1. The molecular weight excluding hydrogens is 300 g/mol. The number of hydrogen-bond acceptors (Lipinski definition) is 4. The summed E-state index contributed by atoms with van der Waals surface area (Å²) < 4.78 is 6.24. The Morgan fingerprint density at radius 1 is 1.41 bits per heavy atom. The number of anilines is 1. The van der Waals surface area contributed by atoms with Gasteiger partial charge < -0.3 is 10.5 Å². The van der Waals surface area contributed by atoms with Crippen molar-refractivity contribution in [2.75, 3.05) is 18.9 Å². The fourth-order valence-electron chi connectivity index (χ4n) is 1.74. The van der Waals surface area contributed by atoms with Crippen molar-refractivity contribution in [2.24, 2.45) is 0 Å². The zero-order valence-electron chi connectivity index (χ0n) is 9.02. The van der Waals surface area contributed by atoms with E-state index in [0.29, 0.717) is 5.25 Å². The summed E-state index contributed by atoms with van der Waals surface area (Å²) in [6.45, 7) is 1.61. The number of nitrogens with zero attached hydrogens (tertiary/aromatic N) is 1. The predicted octanol–water partition coefficient (Wildman–Crippen LogP) is 3.07. The molecule has 0 saturated carbocycles. The van der Waals surface area contributed by atoms with E-state index in [-0.39, 0.29) is 0 Å². The summed E-state index contributed by atoms with van der Waals surface area (Å²) in [5.74, 6) is 0. The van der Waals surface area contributed by atoms with Crippen LogP contribution in [0.2, 0.25) is 0 Å². The Morgan fingerprint density at radius 2 is 2.24 bits per heavy atom. The maximum absolute atomic E-state index is 6.02. The molecule has 3 rings (SSSR count). The molecule has 0 unspecified atom stereocenters. The molecule has 0 atom stereocenters. The van der Waals surface area contributed by atoms with Gasteiger partial charge in [-0.05, 0) is 18.2 Å². The van der Waals surface area contributed by atoms with Crippen molar-refractivity contribution in [3.63, 3.8) is 0 Å². The van der Waals surface area contributed by atoms with Crippen LogP contribution in [0.4, 0.5) is 5.69 Å². The molecule has 0 amide bonds. The molecule has 1 aromatic carbocycles. The number of ether oxygens (including phenoxy) is 1. The van der Waals surface area contributed by atoms with E-state index in [1.807, 2.05) is 12.1 Å². The van der Waals surface area contributed by atoms with Crippen molar-refractivity contribution in [1.29, 1.82) is 0 Å². The number of hydrogen-bond donors (Lipinski definition) is 1. The number of thioether (sulfide) groups is 1. The lowest BCUT2D eigenvalue weighted by molar-refractivity contribution is 0.0455. The van der Waals surface area contributed by atoms with Gasteiger partial charge in [0, 0.05) is 14.8 Å². The number of nitrogens with two attached hydrogens (primary N) is 1. The molecule has 3 nitrogen and oxygen atoms in total. The van der Waals surface area contributed by atoms with Gasteiger partial charge >= 0.3 is 0 Å². The zero-order valence-corrected chi connectivity index (χ0v) is 11.4. The summed E-state index contributed by atoms with van der Waals surface area (Å²) >= 11 is 5.27. The van der Waals surface area contributed by atoms with Crippen LogP contribution < -0.4 is 5.73 Å². The van der Waals surface area contributed by atoms with E-state index in [9.17, 15) is 0 Å². The first kappa shape index (κ1) is 11.3. The molecule has 5 heteroatoms. The zero-order chi connectivity index (χ0) is 11.8. The molecule has 0 spiro atoms. The maximum atomic E-state index is 6.02. The van der Waals surface area contributed by atoms with Crippen molar-refractivity contribution >= 4 is 44.3 Å². The molecule has 2 heterocycles. The lowest BCUT2D eigenvalue weighted by Crippen LogP contribution is -2.30. The number of aromatic nitrogens is 1. The lowest BCUT2D eigenvalue weighted by Gasteiger charge is -2.26. The molecule has 88 valence electrons. The second-order valence-corrected chi connectivity index (χ2v) is 6.21. The molecule has 17 heavy (non-hydrogen) atoms. The predicted molar refractivity (Wildman–Crippen MR) is 74.3 cm³/mol. The van der Waals surface area contributed by atoms with Gasteiger partial charge in [0.15, 0.2) is 0 Å². The number of pyridine rings is 1. The third-order valence-electron chi connectivity index (χ3n) is 2.70. The Kier molecular flexibility index (Phi) is 2.98. The Labute approximate surface area is 112 Å². The minimum Gasteiger partial charge on any atom is -0.397 e. The van der Waals surface area contributed by atoms with E-state index in [4.69, 9.17) is 10.5 Å². The molecule has 2 N–H and O–H groups in total. The van der Waals surface area contributed by atoms with Gasteiger partial charge in [-0.25, -0.2) is 0 Å². The van der Waals surface area contributed by atoms with Gasteiger partial charge in [0.1, 0.15) is 0 Å². The third-order valence-corrected chi connectivity index (χ3v) is 4.49. The Morgan fingerprint density at radius 3 is 2.94 bits per heavy atom. The maximum Gasteiger partial charge on any atom is 0.0715 e. The highest BCUT2D eigenvalue weighted by Crippen LogP contribution is 2.37. The minimum atomic E-state index is 0.516. The van der Waals surface area contributed by atoms with E-state index < -0.39 is 0 Å². The number of rotatable bonds is 2. The van der Waals surface area contributed by atoms with E-state index >= 15 is 0 Å². The van der Waals surface area contributed by atoms with Gasteiger partial charge in [0.2, 0.25) is 0 Å². The summed E-state index contributed by atoms with van der Waals surface area (Å²) in [4.78, 5) is 5.46. The van der Waals surface area contributed by atoms with Crippen LogP contribution in [0.15, 0.2) is 33.8 Å². The number of fused-ring (bicyclic) bond motifs is 1. The Bertz CT molecular complexity index is 566. The number of benzene rings is 1. The molecule has 1 aliphatic heterocycles. The van der Waals surface area contributed by atoms with Crippen molar-refractivity contribution in [2.45, 2.75) is 10.1 Å². The van der Waals surface area contributed by atoms with Crippen molar-refractivity contribution < 1.29 is 4.74 Å². The average Bonchev–Trinajstić information content (AvgIpc) is 2.25. The normalized spacial score (nSPS) is 16.1. The van der Waals surface area contributed by atoms with Crippen LogP contribution in [0.3, 0.4) is 0 Å². The monoisotopic (exact) mass is 310 g/mol. The summed E-state index contributed by atoms with van der Waals surface area (Å²) in [6, 6.07) is 6.06. The molecule has 1 fully saturated rings. The smallest absolute Gasteiger partial charge is 0.0715 e. The highest BCUT2D eigenvalue weighted by atomic mass is 79.9. The first-order valence-electron chi connectivity index (χ1n) is 5.32. The molecule has 0 bridgehead atoms. The summed E-state index contributed by atoms with van der Waals surface area (Å²) in [6.07, 6.45) is 1.73. The fourth-order valence-corrected chi connectivity index (χ4v) is 3.24. The first-order valence-corrected chi connectivity index (χ1v) is 6.99. The molecular formula is C12H11BrN2OS. The van der Waals surface area contributed by atoms with Crippen LogP contribution in [0.5, 0.6) is 0 Å². The topological polar surface area (TPSA) is 48.1 Å². The molecule has 0 radical (unpaired) electrons. The SMILES string of the molecule is Nc1cnc2ccc(Br)cc2c1SC1COC1. The molecule has 1 aliphatic rings. The number of nitrogen functional groups attached to an aromatic ring is 1. The van der Waals surface area contributed by atoms with Crippen LogP contribution in [-0.4, -0.2) is 23.4 Å². The average molecular weight is 311 g/mol. The highest BCUT2D eigenvalue weighted by molar-refractivity contribution is 9.10. The fraction of sp³-hybridized carbons (Fsp3) is 0.250. The first-order chi connectivity index (χ1) is 8.24. The van der Waals surface area contributed by atoms with Crippen LogP contribution >= 0.6 is 27.7 Å². The molecule has 1 aromatic heterocycles. The van der Waals surface area contributed by atoms with Crippen molar-refractivity contribution in [3.05, 3.63) is 28.9 Å². The minimum absolute atomic E-state index is 0.516. The van der Waals surface area contributed by atoms with Gasteiger partial charge in [-0.2, -0.15) is 0 Å². The Hall–Kier alpha value is -0.780. The van der Waals surface area contributed by atoms with E-state index in [1.165, 1.54) is 0 Å². The van der Waals surface area contributed by atoms with E-state index in [2.05, 4.69) is 27.0 Å². The summed E-state index contributed by atoms with van der Waals surface area (Å²) in [7, 11) is 0. The molecule has 0 aliphatic carbocycles. The molecule has 2 aromatic rings. The third kappa shape index (κ3) is 2.14. The van der Waals surface area contributed by atoms with Crippen LogP contribution in [0.25, 0.3) is 10.9 Å². The quantitative estimate of drug-likeness (QED) is 0.926. The largest absolute Gasteiger partial charge is 0.397 e. The lowest BCUT2D eigenvalue weighted by atomic mass is 10.2. The van der Waals surface area contributed by atoms with Gasteiger partial charge in [0.05, 0.1) is 35.9 Å². The van der Waals surface area contributed by atoms with E-state index in [1.54, 1.807) is 18.0 Å². The van der Waals surface area contributed by atoms with Crippen LogP contribution in [0, 0.1) is 0 Å².